The van der Waals surface area contributed by atoms with Crippen molar-refractivity contribution >= 4 is 22.8 Å². The number of alkyl halides is 3. The summed E-state index contributed by atoms with van der Waals surface area (Å²) in [7, 11) is 0. The van der Waals surface area contributed by atoms with Crippen molar-refractivity contribution in [3.8, 4) is 0 Å². The van der Waals surface area contributed by atoms with Gasteiger partial charge >= 0.3 is 12.1 Å². The first kappa shape index (κ1) is 18.2. The highest BCUT2D eigenvalue weighted by molar-refractivity contribution is 8.13. The van der Waals surface area contributed by atoms with Crippen molar-refractivity contribution in [1.82, 2.24) is 0 Å². The lowest BCUT2D eigenvalue weighted by Gasteiger charge is -2.25. The van der Waals surface area contributed by atoms with E-state index in [4.69, 9.17) is 15.6 Å². The summed E-state index contributed by atoms with van der Waals surface area (Å²) in [6, 6.07) is 0.420. The number of thioether (sulfide) groups is 1. The van der Waals surface area contributed by atoms with Crippen LogP contribution in [0.25, 0.3) is 0 Å². The van der Waals surface area contributed by atoms with E-state index in [0.29, 0.717) is 6.04 Å². The number of carboxylic acid groups (broad SMARTS) is 1. The zero-order valence-corrected chi connectivity index (χ0v) is 11.4. The third kappa shape index (κ3) is 9.77. The van der Waals surface area contributed by atoms with Crippen LogP contribution in [0.15, 0.2) is 0 Å². The first-order valence-electron chi connectivity index (χ1n) is 5.82. The Labute approximate surface area is 113 Å². The van der Waals surface area contributed by atoms with Gasteiger partial charge in [-0.2, -0.15) is 13.2 Å². The summed E-state index contributed by atoms with van der Waals surface area (Å²) in [5, 5.41) is 7.37. The van der Waals surface area contributed by atoms with E-state index in [-0.39, 0.29) is 5.12 Å². The molecule has 8 heteroatoms. The molecule has 0 aliphatic heterocycles. The number of aliphatic carboxylic acids is 1. The van der Waals surface area contributed by atoms with E-state index in [0.717, 1.165) is 24.5 Å². The Bertz CT molecular complexity index is 302. The average Bonchev–Trinajstić information content (AvgIpc) is 2.27. The third-order valence-corrected chi connectivity index (χ3v) is 3.70. The van der Waals surface area contributed by atoms with Gasteiger partial charge in [0.25, 0.3) is 0 Å². The lowest BCUT2D eigenvalue weighted by atomic mass is 9.88. The van der Waals surface area contributed by atoms with Gasteiger partial charge in [-0.25, -0.2) is 4.79 Å². The maximum atomic E-state index is 10.7. The van der Waals surface area contributed by atoms with Crippen LogP contribution in [-0.4, -0.2) is 34.2 Å². The molecular weight excluding hydrogens is 283 g/mol. The minimum atomic E-state index is -5.08. The Kier molecular flexibility index (Phi) is 8.08. The summed E-state index contributed by atoms with van der Waals surface area (Å²) >= 11 is 1.46. The van der Waals surface area contributed by atoms with Crippen LogP contribution in [0.4, 0.5) is 13.2 Å². The van der Waals surface area contributed by atoms with E-state index in [1.165, 1.54) is 24.6 Å². The SMILES string of the molecule is CC(=O)SC[C@H]1CC[C@H](N)CC1.O=C(O)C(F)(F)F. The third-order valence-electron chi connectivity index (χ3n) is 2.66. The zero-order valence-electron chi connectivity index (χ0n) is 10.6. The molecule has 0 aromatic heterocycles. The molecule has 0 bridgehead atoms. The zero-order chi connectivity index (χ0) is 15.1. The predicted octanol–water partition coefficient (Wildman–Crippen LogP) is 2.42. The lowest BCUT2D eigenvalue weighted by Crippen LogP contribution is -2.27. The largest absolute Gasteiger partial charge is 0.490 e. The predicted molar refractivity (Wildman–Crippen MR) is 66.8 cm³/mol. The van der Waals surface area contributed by atoms with Crippen molar-refractivity contribution < 1.29 is 27.9 Å². The van der Waals surface area contributed by atoms with Crippen LogP contribution < -0.4 is 5.73 Å². The van der Waals surface area contributed by atoms with Crippen molar-refractivity contribution in [3.05, 3.63) is 0 Å². The fourth-order valence-corrected chi connectivity index (χ4v) is 2.39. The Balaban J connectivity index is 0.000000399. The number of nitrogens with two attached hydrogens (primary N) is 1. The fourth-order valence-electron chi connectivity index (χ4n) is 1.59. The molecule has 1 fully saturated rings. The Hall–Kier alpha value is -0.760. The molecule has 1 aliphatic rings. The second-order valence-electron chi connectivity index (χ2n) is 4.39. The van der Waals surface area contributed by atoms with Gasteiger partial charge in [-0.3, -0.25) is 4.79 Å². The Morgan fingerprint density at radius 3 is 2.00 bits per heavy atom. The number of halogens is 3. The second kappa shape index (κ2) is 8.42. The molecule has 0 saturated heterocycles. The minimum Gasteiger partial charge on any atom is -0.475 e. The fraction of sp³-hybridized carbons (Fsp3) is 0.818. The van der Waals surface area contributed by atoms with Crippen LogP contribution in [0, 0.1) is 5.92 Å². The summed E-state index contributed by atoms with van der Waals surface area (Å²) in [5.74, 6) is -1.02. The summed E-state index contributed by atoms with van der Waals surface area (Å²) in [6.45, 7) is 1.64. The number of hydrogen-bond donors (Lipinski definition) is 2. The standard InChI is InChI=1S/C9H17NOS.C2HF3O2/c1-7(11)12-6-8-2-4-9(10)5-3-8;3-2(4,5)1(6)7/h8-9H,2-6,10H2,1H3;(H,6,7)/t8-,9-;. The van der Waals surface area contributed by atoms with Gasteiger partial charge in [-0.05, 0) is 31.6 Å². The highest BCUT2D eigenvalue weighted by atomic mass is 32.2. The van der Waals surface area contributed by atoms with Gasteiger partial charge in [-0.1, -0.05) is 11.8 Å². The molecule has 1 rings (SSSR count). The molecule has 3 N–H and O–H groups in total. The molecule has 1 saturated carbocycles. The van der Waals surface area contributed by atoms with Crippen molar-refractivity contribution in [2.75, 3.05) is 5.75 Å². The molecular formula is C11H18F3NO3S. The second-order valence-corrected chi connectivity index (χ2v) is 5.58. The quantitative estimate of drug-likeness (QED) is 0.818. The van der Waals surface area contributed by atoms with Gasteiger partial charge in [0.2, 0.25) is 0 Å². The van der Waals surface area contributed by atoms with Crippen molar-refractivity contribution in [2.45, 2.75) is 44.8 Å². The van der Waals surface area contributed by atoms with E-state index in [1.54, 1.807) is 6.92 Å². The Morgan fingerprint density at radius 2 is 1.68 bits per heavy atom. The molecule has 0 heterocycles. The molecule has 19 heavy (non-hydrogen) atoms. The number of rotatable bonds is 2. The summed E-state index contributed by atoms with van der Waals surface area (Å²) < 4.78 is 31.7. The van der Waals surface area contributed by atoms with E-state index in [1.807, 2.05) is 0 Å². The van der Waals surface area contributed by atoms with Crippen LogP contribution in [0.1, 0.15) is 32.6 Å². The van der Waals surface area contributed by atoms with Crippen LogP contribution in [0.5, 0.6) is 0 Å². The maximum Gasteiger partial charge on any atom is 0.490 e. The van der Waals surface area contributed by atoms with Crippen LogP contribution in [-0.2, 0) is 9.59 Å². The first-order valence-corrected chi connectivity index (χ1v) is 6.80. The molecule has 0 aromatic rings. The van der Waals surface area contributed by atoms with E-state index in [2.05, 4.69) is 0 Å². The van der Waals surface area contributed by atoms with E-state index in [9.17, 15) is 18.0 Å². The number of hydrogen-bond acceptors (Lipinski definition) is 4. The van der Waals surface area contributed by atoms with Crippen molar-refractivity contribution in [1.29, 1.82) is 0 Å². The first-order chi connectivity index (χ1) is 8.62. The van der Waals surface area contributed by atoms with E-state index < -0.39 is 12.1 Å². The molecule has 0 aromatic carbocycles. The number of carbonyl (C=O) groups is 2. The number of carboxylic acids is 1. The van der Waals surface area contributed by atoms with Gasteiger partial charge in [0.05, 0.1) is 0 Å². The average molecular weight is 301 g/mol. The number of carbonyl (C=O) groups excluding carboxylic acids is 1. The normalized spacial score (nSPS) is 23.2. The molecule has 0 amide bonds. The van der Waals surface area contributed by atoms with Gasteiger partial charge < -0.3 is 10.8 Å². The molecule has 0 unspecified atom stereocenters. The van der Waals surface area contributed by atoms with Crippen LogP contribution in [0.3, 0.4) is 0 Å². The van der Waals surface area contributed by atoms with Gasteiger partial charge in [-0.15, -0.1) is 0 Å². The molecule has 0 radical (unpaired) electrons. The minimum absolute atomic E-state index is 0.241. The summed E-state index contributed by atoms with van der Waals surface area (Å²) in [4.78, 5) is 19.6. The Morgan fingerprint density at radius 1 is 1.26 bits per heavy atom. The lowest BCUT2D eigenvalue weighted by molar-refractivity contribution is -0.192. The molecule has 1 aliphatic carbocycles. The molecule has 0 spiro atoms. The monoisotopic (exact) mass is 301 g/mol. The van der Waals surface area contributed by atoms with Crippen molar-refractivity contribution in [2.24, 2.45) is 11.7 Å². The molecule has 4 nitrogen and oxygen atoms in total. The smallest absolute Gasteiger partial charge is 0.475 e. The molecule has 0 atom stereocenters. The summed E-state index contributed by atoms with van der Waals surface area (Å²) in [6.07, 6.45) is -0.380. The van der Waals surface area contributed by atoms with Gasteiger partial charge in [0.1, 0.15) is 0 Å². The van der Waals surface area contributed by atoms with Crippen LogP contribution in [0.2, 0.25) is 0 Å². The molecule has 112 valence electrons. The highest BCUT2D eigenvalue weighted by Crippen LogP contribution is 2.26. The topological polar surface area (TPSA) is 80.4 Å². The van der Waals surface area contributed by atoms with E-state index >= 15 is 0 Å². The van der Waals surface area contributed by atoms with Crippen molar-refractivity contribution in [3.63, 3.8) is 0 Å². The van der Waals surface area contributed by atoms with Crippen LogP contribution >= 0.6 is 11.8 Å². The van der Waals surface area contributed by atoms with Gasteiger partial charge in [0, 0.05) is 18.7 Å². The van der Waals surface area contributed by atoms with Gasteiger partial charge in [0.15, 0.2) is 5.12 Å². The maximum absolute atomic E-state index is 10.7. The summed E-state index contributed by atoms with van der Waals surface area (Å²) in [5.41, 5.74) is 5.78. The highest BCUT2D eigenvalue weighted by Gasteiger charge is 2.38.